The fraction of sp³-hybridized carbons (Fsp3) is 0.136. The number of hydrogen-bond acceptors (Lipinski definition) is 5. The first kappa shape index (κ1) is 21.1. The molecule has 0 bridgehead atoms. The molecule has 0 unspecified atom stereocenters. The van der Waals surface area contributed by atoms with Crippen molar-refractivity contribution in [2.75, 3.05) is 18.6 Å². The monoisotopic (exact) mass is 426 g/mol. The zero-order valence-corrected chi connectivity index (χ0v) is 17.1. The van der Waals surface area contributed by atoms with Crippen LogP contribution in [-0.4, -0.2) is 24.5 Å². The van der Waals surface area contributed by atoms with Crippen molar-refractivity contribution < 1.29 is 19.2 Å². The summed E-state index contributed by atoms with van der Waals surface area (Å²) in [6.07, 6.45) is 0. The third-order valence-electron chi connectivity index (χ3n) is 4.38. The molecule has 0 aliphatic carbocycles. The highest BCUT2D eigenvalue weighted by Gasteiger charge is 2.21. The van der Waals surface area contributed by atoms with Crippen LogP contribution in [0.1, 0.15) is 17.3 Å². The maximum Gasteiger partial charge on any atom is 0.313 e. The summed E-state index contributed by atoms with van der Waals surface area (Å²) in [7, 11) is 1.43. The van der Waals surface area contributed by atoms with Gasteiger partial charge in [-0.2, -0.15) is 0 Å². The Hall–Kier alpha value is -3.58. The van der Waals surface area contributed by atoms with Crippen molar-refractivity contribution >= 4 is 28.9 Å². The quantitative estimate of drug-likeness (QED) is 0.356. The zero-order chi connectivity index (χ0) is 21.7. The van der Waals surface area contributed by atoms with Gasteiger partial charge >= 0.3 is 5.69 Å². The number of ether oxygens (including phenoxy) is 2. The lowest BCUT2D eigenvalue weighted by molar-refractivity contribution is -0.385. The molecule has 0 aliphatic heterocycles. The molecule has 3 aromatic rings. The minimum atomic E-state index is -0.579. The first-order valence-electron chi connectivity index (χ1n) is 9.11. The summed E-state index contributed by atoms with van der Waals surface area (Å²) in [5.41, 5.74) is 0.905. The lowest BCUT2D eigenvalue weighted by atomic mass is 10.1. The van der Waals surface area contributed by atoms with Gasteiger partial charge in [-0.05, 0) is 49.4 Å². The number of carbonyl (C=O) groups is 1. The van der Waals surface area contributed by atoms with Crippen molar-refractivity contribution in [3.8, 4) is 17.2 Å². The molecule has 1 amide bonds. The van der Waals surface area contributed by atoms with Gasteiger partial charge in [-0.1, -0.05) is 29.8 Å². The highest BCUT2D eigenvalue weighted by molar-refractivity contribution is 6.30. The number of halogens is 1. The van der Waals surface area contributed by atoms with E-state index >= 15 is 0 Å². The van der Waals surface area contributed by atoms with E-state index < -0.39 is 4.92 Å². The molecule has 0 heterocycles. The molecule has 7 nitrogen and oxygen atoms in total. The van der Waals surface area contributed by atoms with Crippen LogP contribution in [-0.2, 0) is 0 Å². The van der Waals surface area contributed by atoms with Crippen LogP contribution in [0.25, 0.3) is 0 Å². The van der Waals surface area contributed by atoms with E-state index in [1.54, 1.807) is 23.1 Å². The smallest absolute Gasteiger partial charge is 0.313 e. The van der Waals surface area contributed by atoms with Gasteiger partial charge in [-0.25, -0.2) is 0 Å². The predicted octanol–water partition coefficient (Wildman–Crippen LogP) is 5.72. The highest BCUT2D eigenvalue weighted by atomic mass is 35.5. The Morgan fingerprint density at radius 2 is 1.73 bits per heavy atom. The van der Waals surface area contributed by atoms with Crippen LogP contribution < -0.4 is 14.4 Å². The molecule has 0 fully saturated rings. The molecule has 3 aromatic carbocycles. The molecule has 3 rings (SSSR count). The summed E-state index contributed by atoms with van der Waals surface area (Å²) < 4.78 is 11.1. The average molecular weight is 427 g/mol. The summed E-state index contributed by atoms with van der Waals surface area (Å²) in [6, 6.07) is 18.1. The fourth-order valence-electron chi connectivity index (χ4n) is 2.93. The molecule has 0 aliphatic rings. The van der Waals surface area contributed by atoms with Crippen LogP contribution >= 0.6 is 11.6 Å². The minimum absolute atomic E-state index is 0.0150. The van der Waals surface area contributed by atoms with E-state index in [2.05, 4.69) is 0 Å². The van der Waals surface area contributed by atoms with Crippen LogP contribution in [0.5, 0.6) is 17.2 Å². The first-order valence-corrected chi connectivity index (χ1v) is 9.49. The number of methoxy groups -OCH3 is 1. The number of para-hydroxylation sites is 1. The molecule has 154 valence electrons. The van der Waals surface area contributed by atoms with Gasteiger partial charge in [0.25, 0.3) is 5.91 Å². The van der Waals surface area contributed by atoms with Crippen LogP contribution in [0.2, 0.25) is 5.02 Å². The number of benzene rings is 3. The summed E-state index contributed by atoms with van der Waals surface area (Å²) in [4.78, 5) is 25.4. The predicted molar refractivity (Wildman–Crippen MR) is 115 cm³/mol. The number of nitro groups is 1. The topological polar surface area (TPSA) is 81.9 Å². The van der Waals surface area contributed by atoms with E-state index in [1.165, 1.54) is 25.3 Å². The van der Waals surface area contributed by atoms with Crippen LogP contribution in [0.3, 0.4) is 0 Å². The van der Waals surface area contributed by atoms with Crippen LogP contribution in [0.15, 0.2) is 66.7 Å². The Morgan fingerprint density at radius 1 is 1.03 bits per heavy atom. The molecular formula is C22H19ClN2O5. The van der Waals surface area contributed by atoms with Gasteiger partial charge in [0.2, 0.25) is 5.75 Å². The number of rotatable bonds is 7. The van der Waals surface area contributed by atoms with E-state index in [4.69, 9.17) is 21.1 Å². The fourth-order valence-corrected chi connectivity index (χ4v) is 3.10. The number of nitrogens with zero attached hydrogens (tertiary/aromatic N) is 2. The molecule has 0 radical (unpaired) electrons. The van der Waals surface area contributed by atoms with Crippen LogP contribution in [0, 0.1) is 10.1 Å². The second-order valence-electron chi connectivity index (χ2n) is 6.22. The largest absolute Gasteiger partial charge is 0.493 e. The van der Waals surface area contributed by atoms with Gasteiger partial charge in [-0.15, -0.1) is 0 Å². The zero-order valence-electron chi connectivity index (χ0n) is 16.4. The second-order valence-corrected chi connectivity index (χ2v) is 6.66. The van der Waals surface area contributed by atoms with Gasteiger partial charge in [0.1, 0.15) is 0 Å². The highest BCUT2D eigenvalue weighted by Crippen LogP contribution is 2.38. The van der Waals surface area contributed by atoms with Gasteiger partial charge in [-0.3, -0.25) is 14.9 Å². The number of anilines is 1. The number of carbonyl (C=O) groups excluding carboxylic acids is 1. The summed E-state index contributed by atoms with van der Waals surface area (Å²) in [6.45, 7) is 2.37. The Balaban J connectivity index is 1.92. The molecule has 8 heteroatoms. The van der Waals surface area contributed by atoms with Crippen molar-refractivity contribution in [2.45, 2.75) is 6.92 Å². The number of amides is 1. The lowest BCUT2D eigenvalue weighted by Crippen LogP contribution is -2.30. The second kappa shape index (κ2) is 9.28. The molecule has 0 saturated carbocycles. The van der Waals surface area contributed by atoms with Gasteiger partial charge < -0.3 is 14.4 Å². The van der Waals surface area contributed by atoms with Crippen molar-refractivity contribution in [3.05, 3.63) is 87.4 Å². The van der Waals surface area contributed by atoms with Crippen molar-refractivity contribution in [2.24, 2.45) is 0 Å². The maximum atomic E-state index is 13.0. The van der Waals surface area contributed by atoms with Crippen molar-refractivity contribution in [1.82, 2.24) is 0 Å². The molecule has 0 N–H and O–H groups in total. The maximum absolute atomic E-state index is 13.0. The third-order valence-corrected chi connectivity index (χ3v) is 4.61. The summed E-state index contributed by atoms with van der Waals surface area (Å²) >= 11 is 5.85. The third kappa shape index (κ3) is 4.52. The molecular weight excluding hydrogens is 408 g/mol. The Bertz CT molecular complexity index is 1070. The van der Waals surface area contributed by atoms with Gasteiger partial charge in [0.05, 0.1) is 12.0 Å². The average Bonchev–Trinajstić information content (AvgIpc) is 2.76. The lowest BCUT2D eigenvalue weighted by Gasteiger charge is -2.21. The first-order chi connectivity index (χ1) is 14.4. The molecule has 0 saturated heterocycles. The van der Waals surface area contributed by atoms with E-state index in [0.29, 0.717) is 12.1 Å². The van der Waals surface area contributed by atoms with Gasteiger partial charge in [0, 0.05) is 28.9 Å². The van der Waals surface area contributed by atoms with E-state index in [1.807, 2.05) is 37.3 Å². The van der Waals surface area contributed by atoms with E-state index in [-0.39, 0.29) is 33.9 Å². The molecule has 0 atom stereocenters. The number of nitro benzene ring substituents is 1. The van der Waals surface area contributed by atoms with Crippen LogP contribution in [0.4, 0.5) is 11.4 Å². The summed E-state index contributed by atoms with van der Waals surface area (Å²) in [5.74, 6) is 0.323. The molecule has 30 heavy (non-hydrogen) atoms. The Labute approximate surface area is 178 Å². The Kier molecular flexibility index (Phi) is 6.54. The van der Waals surface area contributed by atoms with E-state index in [9.17, 15) is 14.9 Å². The Morgan fingerprint density at radius 3 is 2.37 bits per heavy atom. The number of hydrogen-bond donors (Lipinski definition) is 0. The minimum Gasteiger partial charge on any atom is -0.493 e. The van der Waals surface area contributed by atoms with Crippen molar-refractivity contribution in [3.63, 3.8) is 0 Å². The standard InChI is InChI=1S/C22H19ClN2O5/c1-3-24(17-7-5-4-6-8-17)22(26)15-9-11-20(21(13-15)29-2)30-19-12-10-16(23)14-18(19)25(27)28/h4-14H,3H2,1-2H3. The van der Waals surface area contributed by atoms with Gasteiger partial charge in [0.15, 0.2) is 11.5 Å². The molecule has 0 aromatic heterocycles. The normalized spacial score (nSPS) is 10.4. The summed E-state index contributed by atoms with van der Waals surface area (Å²) in [5, 5.41) is 11.5. The molecule has 0 spiro atoms. The van der Waals surface area contributed by atoms with E-state index in [0.717, 1.165) is 5.69 Å². The van der Waals surface area contributed by atoms with Crippen molar-refractivity contribution in [1.29, 1.82) is 0 Å². The SMILES string of the molecule is CCN(C(=O)c1ccc(Oc2ccc(Cl)cc2[N+](=O)[O-])c(OC)c1)c1ccccc1.